The van der Waals surface area contributed by atoms with E-state index in [4.69, 9.17) is 4.74 Å². The highest BCUT2D eigenvalue weighted by molar-refractivity contribution is 6.06. The Kier molecular flexibility index (Phi) is 4.89. The van der Waals surface area contributed by atoms with Crippen molar-refractivity contribution < 1.29 is 9.53 Å². The number of hydrogen-bond acceptors (Lipinski definition) is 4. The summed E-state index contributed by atoms with van der Waals surface area (Å²) in [6.45, 7) is 8.18. The highest BCUT2D eigenvalue weighted by Gasteiger charge is 2.15. The van der Waals surface area contributed by atoms with Crippen LogP contribution < -0.4 is 10.1 Å². The van der Waals surface area contributed by atoms with E-state index in [1.165, 1.54) is 0 Å². The van der Waals surface area contributed by atoms with Crippen molar-refractivity contribution in [1.82, 2.24) is 15.3 Å². The first kappa shape index (κ1) is 17.9. The van der Waals surface area contributed by atoms with Crippen LogP contribution in [0.5, 0.6) is 5.88 Å². The van der Waals surface area contributed by atoms with Gasteiger partial charge in [-0.2, -0.15) is 0 Å². The van der Waals surface area contributed by atoms with Gasteiger partial charge < -0.3 is 10.1 Å². The van der Waals surface area contributed by atoms with E-state index in [0.717, 1.165) is 39.0 Å². The van der Waals surface area contributed by atoms with Gasteiger partial charge in [0.05, 0.1) is 18.2 Å². The number of aromatic nitrogens is 2. The van der Waals surface area contributed by atoms with Crippen molar-refractivity contribution in [2.24, 2.45) is 0 Å². The fraction of sp³-hybridized carbons (Fsp3) is 0.286. The molecule has 0 aliphatic heterocycles. The van der Waals surface area contributed by atoms with Crippen LogP contribution in [0.1, 0.15) is 38.4 Å². The van der Waals surface area contributed by atoms with Crippen LogP contribution in [0.25, 0.3) is 10.9 Å². The SMILES string of the molecule is COc1nc(C)cc(C)c1CNC(=O)c1cc(C)nc2c(C)cccc12. The summed E-state index contributed by atoms with van der Waals surface area (Å²) in [5.41, 5.74) is 6.19. The molecular weight excluding hydrogens is 326 g/mol. The average molecular weight is 349 g/mol. The maximum absolute atomic E-state index is 12.9. The van der Waals surface area contributed by atoms with Gasteiger partial charge >= 0.3 is 0 Å². The number of nitrogens with one attached hydrogen (secondary N) is 1. The molecule has 0 bridgehead atoms. The number of fused-ring (bicyclic) bond motifs is 1. The van der Waals surface area contributed by atoms with Crippen molar-refractivity contribution in [3.05, 3.63) is 64.0 Å². The summed E-state index contributed by atoms with van der Waals surface area (Å²) in [4.78, 5) is 21.8. The van der Waals surface area contributed by atoms with Gasteiger partial charge in [-0.05, 0) is 51.0 Å². The van der Waals surface area contributed by atoms with Gasteiger partial charge in [0, 0.05) is 28.9 Å². The summed E-state index contributed by atoms with van der Waals surface area (Å²) in [7, 11) is 1.59. The standard InChI is InChI=1S/C21H23N3O2/c1-12-7-6-8-16-17(10-15(4)23-19(12)16)20(25)22-11-18-13(2)9-14(3)24-21(18)26-5/h6-10H,11H2,1-5H3,(H,22,25). The molecule has 3 rings (SSSR count). The Morgan fingerprint density at radius 2 is 1.77 bits per heavy atom. The van der Waals surface area contributed by atoms with E-state index in [-0.39, 0.29) is 5.91 Å². The first-order valence-corrected chi connectivity index (χ1v) is 8.57. The van der Waals surface area contributed by atoms with Crippen LogP contribution in [-0.2, 0) is 6.54 Å². The second-order valence-corrected chi connectivity index (χ2v) is 6.53. The number of rotatable bonds is 4. The van der Waals surface area contributed by atoms with Crippen LogP contribution >= 0.6 is 0 Å². The Labute approximate surface area is 153 Å². The third-order valence-electron chi connectivity index (χ3n) is 4.47. The van der Waals surface area contributed by atoms with Gasteiger partial charge in [0.15, 0.2) is 0 Å². The van der Waals surface area contributed by atoms with Crippen molar-refractivity contribution in [3.8, 4) is 5.88 Å². The summed E-state index contributed by atoms with van der Waals surface area (Å²) in [5, 5.41) is 3.86. The van der Waals surface area contributed by atoms with E-state index < -0.39 is 0 Å². The second-order valence-electron chi connectivity index (χ2n) is 6.53. The molecule has 5 nitrogen and oxygen atoms in total. The number of carbonyl (C=O) groups excluding carboxylic acids is 1. The van der Waals surface area contributed by atoms with Gasteiger partial charge in [-0.15, -0.1) is 0 Å². The molecule has 0 fully saturated rings. The average Bonchev–Trinajstić information content (AvgIpc) is 2.60. The minimum Gasteiger partial charge on any atom is -0.481 e. The van der Waals surface area contributed by atoms with Crippen LogP contribution in [0.15, 0.2) is 30.3 Å². The minimum absolute atomic E-state index is 0.131. The molecule has 0 radical (unpaired) electrons. The number of aryl methyl sites for hydroxylation is 4. The molecule has 2 heterocycles. The molecule has 0 unspecified atom stereocenters. The number of amides is 1. The molecule has 0 saturated heterocycles. The Balaban J connectivity index is 1.93. The molecule has 0 saturated carbocycles. The Bertz CT molecular complexity index is 996. The van der Waals surface area contributed by atoms with E-state index in [0.29, 0.717) is 18.0 Å². The summed E-state index contributed by atoms with van der Waals surface area (Å²) in [6, 6.07) is 9.70. The molecule has 0 aliphatic rings. The van der Waals surface area contributed by atoms with Crippen LogP contribution in [0.3, 0.4) is 0 Å². The largest absolute Gasteiger partial charge is 0.481 e. The number of carbonyl (C=O) groups is 1. The number of para-hydroxylation sites is 1. The van der Waals surface area contributed by atoms with Gasteiger partial charge in [0.1, 0.15) is 0 Å². The van der Waals surface area contributed by atoms with Gasteiger partial charge in [0.2, 0.25) is 5.88 Å². The fourth-order valence-electron chi connectivity index (χ4n) is 3.18. The third-order valence-corrected chi connectivity index (χ3v) is 4.47. The molecule has 134 valence electrons. The quantitative estimate of drug-likeness (QED) is 0.778. The van der Waals surface area contributed by atoms with Crippen LogP contribution in [0.4, 0.5) is 0 Å². The fourth-order valence-corrected chi connectivity index (χ4v) is 3.18. The van der Waals surface area contributed by atoms with Crippen molar-refractivity contribution in [1.29, 1.82) is 0 Å². The molecule has 0 aliphatic carbocycles. The molecule has 2 aromatic heterocycles. The van der Waals surface area contributed by atoms with Gasteiger partial charge in [-0.1, -0.05) is 18.2 Å². The molecule has 3 aromatic rings. The van der Waals surface area contributed by atoms with E-state index in [9.17, 15) is 4.79 Å². The smallest absolute Gasteiger partial charge is 0.252 e. The number of benzene rings is 1. The van der Waals surface area contributed by atoms with Gasteiger partial charge in [-0.25, -0.2) is 4.98 Å². The van der Waals surface area contributed by atoms with Crippen molar-refractivity contribution >= 4 is 16.8 Å². The molecule has 1 N–H and O–H groups in total. The highest BCUT2D eigenvalue weighted by atomic mass is 16.5. The molecule has 0 atom stereocenters. The second kappa shape index (κ2) is 7.12. The van der Waals surface area contributed by atoms with E-state index in [1.807, 2.05) is 58.0 Å². The zero-order valence-electron chi connectivity index (χ0n) is 15.8. The predicted molar refractivity (Wildman–Crippen MR) is 103 cm³/mol. The molecule has 1 aromatic carbocycles. The van der Waals surface area contributed by atoms with Gasteiger partial charge in [-0.3, -0.25) is 9.78 Å². The number of nitrogens with zero attached hydrogens (tertiary/aromatic N) is 2. The monoisotopic (exact) mass is 349 g/mol. The zero-order valence-corrected chi connectivity index (χ0v) is 15.8. The molecule has 5 heteroatoms. The van der Waals surface area contributed by atoms with Crippen molar-refractivity contribution in [2.75, 3.05) is 7.11 Å². The topological polar surface area (TPSA) is 64.1 Å². The lowest BCUT2D eigenvalue weighted by Crippen LogP contribution is -2.24. The highest BCUT2D eigenvalue weighted by Crippen LogP contribution is 2.23. The normalized spacial score (nSPS) is 10.8. The lowest BCUT2D eigenvalue weighted by atomic mass is 10.0. The summed E-state index contributed by atoms with van der Waals surface area (Å²) >= 11 is 0. The Hall–Kier alpha value is -2.95. The summed E-state index contributed by atoms with van der Waals surface area (Å²) in [5.74, 6) is 0.419. The zero-order chi connectivity index (χ0) is 18.8. The lowest BCUT2D eigenvalue weighted by molar-refractivity contribution is 0.0952. The number of hydrogen-bond donors (Lipinski definition) is 1. The maximum Gasteiger partial charge on any atom is 0.252 e. The van der Waals surface area contributed by atoms with Gasteiger partial charge in [0.25, 0.3) is 5.91 Å². The molecule has 0 spiro atoms. The number of methoxy groups -OCH3 is 1. The number of pyridine rings is 2. The maximum atomic E-state index is 12.9. The Morgan fingerprint density at radius 3 is 2.50 bits per heavy atom. The number of ether oxygens (including phenoxy) is 1. The first-order valence-electron chi connectivity index (χ1n) is 8.57. The Morgan fingerprint density at radius 1 is 1.04 bits per heavy atom. The molecular formula is C21H23N3O2. The molecule has 26 heavy (non-hydrogen) atoms. The summed E-state index contributed by atoms with van der Waals surface area (Å²) < 4.78 is 5.38. The predicted octanol–water partition coefficient (Wildman–Crippen LogP) is 3.80. The van der Waals surface area contributed by atoms with Crippen molar-refractivity contribution in [3.63, 3.8) is 0 Å². The van der Waals surface area contributed by atoms with E-state index in [2.05, 4.69) is 15.3 Å². The van der Waals surface area contributed by atoms with Crippen LogP contribution in [0, 0.1) is 27.7 Å². The van der Waals surface area contributed by atoms with Crippen LogP contribution in [0.2, 0.25) is 0 Å². The third kappa shape index (κ3) is 3.38. The minimum atomic E-state index is -0.131. The first-order chi connectivity index (χ1) is 12.4. The van der Waals surface area contributed by atoms with Crippen LogP contribution in [-0.4, -0.2) is 23.0 Å². The van der Waals surface area contributed by atoms with E-state index in [1.54, 1.807) is 7.11 Å². The summed E-state index contributed by atoms with van der Waals surface area (Å²) in [6.07, 6.45) is 0. The van der Waals surface area contributed by atoms with E-state index >= 15 is 0 Å². The molecule has 1 amide bonds. The van der Waals surface area contributed by atoms with Crippen molar-refractivity contribution in [2.45, 2.75) is 34.2 Å². The lowest BCUT2D eigenvalue weighted by Gasteiger charge is -2.14.